The molecule has 0 saturated carbocycles. The van der Waals surface area contributed by atoms with Crippen LogP contribution < -0.4 is 5.73 Å². The highest BCUT2D eigenvalue weighted by Crippen LogP contribution is 2.23. The smallest absolute Gasteiger partial charge is 0.225 e. The number of hydrogen-bond acceptors (Lipinski definition) is 1. The number of carbonyl (C=O) groups excluding carboxylic acids is 1. The summed E-state index contributed by atoms with van der Waals surface area (Å²) in [6, 6.07) is 9.66. The fraction of sp³-hybridized carbons (Fsp3) is 0.364. The topological polar surface area (TPSA) is 43.1 Å². The van der Waals surface area contributed by atoms with Crippen molar-refractivity contribution in [1.29, 1.82) is 0 Å². The minimum Gasteiger partial charge on any atom is -0.369 e. The van der Waals surface area contributed by atoms with Gasteiger partial charge in [0.25, 0.3) is 0 Å². The third kappa shape index (κ3) is 2.31. The lowest BCUT2D eigenvalue weighted by Crippen LogP contribution is -2.25. The highest BCUT2D eigenvalue weighted by molar-refractivity contribution is 5.82. The van der Waals surface area contributed by atoms with Crippen LogP contribution in [0.2, 0.25) is 0 Å². The molecule has 1 atom stereocenters. The molecule has 0 saturated heterocycles. The summed E-state index contributed by atoms with van der Waals surface area (Å²) in [4.78, 5) is 11.2. The van der Waals surface area contributed by atoms with Gasteiger partial charge >= 0.3 is 0 Å². The zero-order valence-electron chi connectivity index (χ0n) is 8.03. The van der Waals surface area contributed by atoms with Crippen LogP contribution in [-0.4, -0.2) is 5.91 Å². The molecular weight excluding hydrogens is 162 g/mol. The van der Waals surface area contributed by atoms with E-state index in [4.69, 9.17) is 5.73 Å². The van der Waals surface area contributed by atoms with Gasteiger partial charge in [0.2, 0.25) is 5.91 Å². The van der Waals surface area contributed by atoms with Crippen LogP contribution >= 0.6 is 0 Å². The van der Waals surface area contributed by atoms with Gasteiger partial charge in [0.1, 0.15) is 0 Å². The summed E-state index contributed by atoms with van der Waals surface area (Å²) in [5.41, 5.74) is 6.34. The molecule has 0 fully saturated rings. The third-order valence-corrected chi connectivity index (χ3v) is 2.13. The second-order valence-electron chi connectivity index (χ2n) is 3.53. The van der Waals surface area contributed by atoms with Crippen LogP contribution in [0.1, 0.15) is 25.3 Å². The molecular formula is C11H15NO. The number of hydrogen-bond donors (Lipinski definition) is 1. The van der Waals surface area contributed by atoms with Crippen molar-refractivity contribution in [3.05, 3.63) is 35.9 Å². The van der Waals surface area contributed by atoms with E-state index in [-0.39, 0.29) is 17.7 Å². The fourth-order valence-corrected chi connectivity index (χ4v) is 1.54. The molecule has 1 amide bonds. The predicted molar refractivity (Wildman–Crippen MR) is 53.2 cm³/mol. The average molecular weight is 177 g/mol. The highest BCUT2D eigenvalue weighted by Gasteiger charge is 2.20. The Hall–Kier alpha value is -1.31. The number of amides is 1. The first-order valence-corrected chi connectivity index (χ1v) is 4.47. The molecule has 0 aromatic heterocycles. The molecule has 70 valence electrons. The maximum absolute atomic E-state index is 11.2. The monoisotopic (exact) mass is 177 g/mol. The van der Waals surface area contributed by atoms with E-state index in [9.17, 15) is 4.79 Å². The summed E-state index contributed by atoms with van der Waals surface area (Å²) in [5, 5.41) is 0. The molecule has 2 N–H and O–H groups in total. The quantitative estimate of drug-likeness (QED) is 0.753. The summed E-state index contributed by atoms with van der Waals surface area (Å²) in [6.07, 6.45) is 0. The molecule has 0 heterocycles. The van der Waals surface area contributed by atoms with Gasteiger partial charge in [0.05, 0.1) is 5.92 Å². The normalized spacial score (nSPS) is 12.8. The Kier molecular flexibility index (Phi) is 3.07. The van der Waals surface area contributed by atoms with Gasteiger partial charge < -0.3 is 5.73 Å². The van der Waals surface area contributed by atoms with Gasteiger partial charge in [0, 0.05) is 0 Å². The second-order valence-corrected chi connectivity index (χ2v) is 3.53. The van der Waals surface area contributed by atoms with Gasteiger partial charge in [-0.05, 0) is 11.5 Å². The number of primary amides is 1. The van der Waals surface area contributed by atoms with E-state index >= 15 is 0 Å². The minimum absolute atomic E-state index is 0.166. The van der Waals surface area contributed by atoms with Crippen molar-refractivity contribution in [3.63, 3.8) is 0 Å². The van der Waals surface area contributed by atoms with Crippen molar-refractivity contribution in [2.75, 3.05) is 0 Å². The third-order valence-electron chi connectivity index (χ3n) is 2.13. The number of benzene rings is 1. The van der Waals surface area contributed by atoms with E-state index in [0.717, 1.165) is 5.56 Å². The second kappa shape index (κ2) is 4.08. The van der Waals surface area contributed by atoms with E-state index in [2.05, 4.69) is 0 Å². The number of rotatable bonds is 3. The van der Waals surface area contributed by atoms with Gasteiger partial charge in [0.15, 0.2) is 0 Å². The Morgan fingerprint density at radius 2 is 1.77 bits per heavy atom. The summed E-state index contributed by atoms with van der Waals surface area (Å²) in [7, 11) is 0. The standard InChI is InChI=1S/C11H15NO/c1-8(2)10(11(12)13)9-6-4-3-5-7-9/h3-8,10H,1-2H3,(H2,12,13)/t10-/m0/s1. The lowest BCUT2D eigenvalue weighted by Gasteiger charge is -2.17. The van der Waals surface area contributed by atoms with E-state index in [1.807, 2.05) is 44.2 Å². The van der Waals surface area contributed by atoms with Crippen LogP contribution in [0, 0.1) is 5.92 Å². The molecule has 0 unspecified atom stereocenters. The molecule has 2 heteroatoms. The summed E-state index contributed by atoms with van der Waals surface area (Å²) < 4.78 is 0. The Morgan fingerprint density at radius 1 is 1.23 bits per heavy atom. The molecule has 0 bridgehead atoms. The Bertz CT molecular complexity index is 279. The maximum atomic E-state index is 11.2. The maximum Gasteiger partial charge on any atom is 0.225 e. The Morgan fingerprint density at radius 3 is 2.15 bits per heavy atom. The zero-order valence-corrected chi connectivity index (χ0v) is 8.03. The molecule has 0 spiro atoms. The molecule has 0 aliphatic rings. The van der Waals surface area contributed by atoms with Gasteiger partial charge in [-0.3, -0.25) is 4.79 Å². The van der Waals surface area contributed by atoms with Crippen LogP contribution in [0.4, 0.5) is 0 Å². The predicted octanol–water partition coefficient (Wildman–Crippen LogP) is 1.91. The van der Waals surface area contributed by atoms with Crippen LogP contribution in [0.15, 0.2) is 30.3 Å². The molecule has 0 aliphatic carbocycles. The lowest BCUT2D eigenvalue weighted by atomic mass is 9.88. The van der Waals surface area contributed by atoms with Gasteiger partial charge in [-0.15, -0.1) is 0 Å². The lowest BCUT2D eigenvalue weighted by molar-refractivity contribution is -0.120. The van der Waals surface area contributed by atoms with E-state index < -0.39 is 0 Å². The molecule has 2 nitrogen and oxygen atoms in total. The zero-order chi connectivity index (χ0) is 9.84. The first kappa shape index (κ1) is 9.78. The van der Waals surface area contributed by atoms with Crippen LogP contribution in [0.5, 0.6) is 0 Å². The first-order chi connectivity index (χ1) is 6.13. The fourth-order valence-electron chi connectivity index (χ4n) is 1.54. The average Bonchev–Trinajstić information content (AvgIpc) is 2.04. The minimum atomic E-state index is -0.249. The molecule has 1 aromatic carbocycles. The van der Waals surface area contributed by atoms with E-state index in [0.29, 0.717) is 0 Å². The van der Waals surface area contributed by atoms with Crippen LogP contribution in [-0.2, 0) is 4.79 Å². The number of carbonyl (C=O) groups is 1. The van der Waals surface area contributed by atoms with Crippen molar-refractivity contribution >= 4 is 5.91 Å². The highest BCUT2D eigenvalue weighted by atomic mass is 16.1. The summed E-state index contributed by atoms with van der Waals surface area (Å²) in [5.74, 6) is -0.165. The van der Waals surface area contributed by atoms with Crippen molar-refractivity contribution in [2.45, 2.75) is 19.8 Å². The van der Waals surface area contributed by atoms with Crippen molar-refractivity contribution in [1.82, 2.24) is 0 Å². The van der Waals surface area contributed by atoms with Crippen LogP contribution in [0.25, 0.3) is 0 Å². The molecule has 0 aliphatic heterocycles. The van der Waals surface area contributed by atoms with Gasteiger partial charge in [-0.2, -0.15) is 0 Å². The Balaban J connectivity index is 2.96. The molecule has 13 heavy (non-hydrogen) atoms. The van der Waals surface area contributed by atoms with Crippen molar-refractivity contribution in [2.24, 2.45) is 11.7 Å². The van der Waals surface area contributed by atoms with Gasteiger partial charge in [-0.1, -0.05) is 44.2 Å². The molecule has 0 radical (unpaired) electrons. The SMILES string of the molecule is CC(C)[C@H](C(N)=O)c1ccccc1. The van der Waals surface area contributed by atoms with Gasteiger partial charge in [-0.25, -0.2) is 0 Å². The largest absolute Gasteiger partial charge is 0.369 e. The van der Waals surface area contributed by atoms with E-state index in [1.54, 1.807) is 0 Å². The van der Waals surface area contributed by atoms with E-state index in [1.165, 1.54) is 0 Å². The summed E-state index contributed by atoms with van der Waals surface area (Å²) in [6.45, 7) is 4.00. The first-order valence-electron chi connectivity index (χ1n) is 4.47. The molecule has 1 aromatic rings. The Labute approximate surface area is 78.8 Å². The van der Waals surface area contributed by atoms with Crippen molar-refractivity contribution < 1.29 is 4.79 Å². The molecule has 1 rings (SSSR count). The summed E-state index contributed by atoms with van der Waals surface area (Å²) >= 11 is 0. The van der Waals surface area contributed by atoms with Crippen LogP contribution in [0.3, 0.4) is 0 Å². The van der Waals surface area contributed by atoms with Crippen molar-refractivity contribution in [3.8, 4) is 0 Å². The number of nitrogens with two attached hydrogens (primary N) is 1.